The normalized spacial score (nSPS) is 12.5. The third kappa shape index (κ3) is 4.90. The molecule has 0 radical (unpaired) electrons. The van der Waals surface area contributed by atoms with E-state index in [0.717, 1.165) is 30.3 Å². The van der Waals surface area contributed by atoms with Crippen molar-refractivity contribution in [2.24, 2.45) is 0 Å². The van der Waals surface area contributed by atoms with Crippen molar-refractivity contribution in [3.05, 3.63) is 62.7 Å². The molecule has 2 aromatic rings. The van der Waals surface area contributed by atoms with Crippen LogP contribution in [0.2, 0.25) is 5.02 Å². The van der Waals surface area contributed by atoms with Gasteiger partial charge in [-0.2, -0.15) is 13.2 Å². The molecule has 0 heterocycles. The van der Waals surface area contributed by atoms with Gasteiger partial charge in [0.2, 0.25) is 0 Å². The second-order valence-corrected chi connectivity index (χ2v) is 6.03. The van der Waals surface area contributed by atoms with Crippen LogP contribution in [0, 0.1) is 10.1 Å². The van der Waals surface area contributed by atoms with E-state index < -0.39 is 40.8 Å². The molecule has 0 fully saturated rings. The number of nitro groups is 1. The fraction of sp³-hybridized carbons (Fsp3) is 0.235. The van der Waals surface area contributed by atoms with Gasteiger partial charge >= 0.3 is 12.1 Å². The molecule has 1 unspecified atom stereocenters. The molecule has 2 rings (SSSR count). The first-order valence-corrected chi connectivity index (χ1v) is 8.09. The van der Waals surface area contributed by atoms with Crippen molar-refractivity contribution in [2.75, 3.05) is 6.61 Å². The summed E-state index contributed by atoms with van der Waals surface area (Å²) in [6, 6.07) is 5.65. The molecule has 0 bridgehead atoms. The molecule has 2 aromatic carbocycles. The Balaban J connectivity index is 2.43. The average Bonchev–Trinajstić information content (AvgIpc) is 2.60. The Bertz CT molecular complexity index is 903. The summed E-state index contributed by atoms with van der Waals surface area (Å²) in [7, 11) is 0. The number of carboxylic acids is 1. The number of carbonyl (C=O) groups is 1. The smallest absolute Gasteiger partial charge is 0.416 e. The molecule has 0 aromatic heterocycles. The second kappa shape index (κ2) is 8.44. The van der Waals surface area contributed by atoms with E-state index in [1.165, 1.54) is 0 Å². The van der Waals surface area contributed by atoms with Crippen molar-refractivity contribution in [3.63, 3.8) is 0 Å². The Labute approximate surface area is 161 Å². The standard InChI is InChI=1S/C17H13ClF3NO6/c18-13-7-9(17(19,20)21)1-4-15(13)28-10-2-3-14(22(26)27)12(8-10)11(5-6-23)16(24)25/h1-4,7-8,11,23H,5-6H2,(H,24,25). The number of benzene rings is 2. The minimum absolute atomic E-state index is 0.0635. The number of alkyl halides is 3. The monoisotopic (exact) mass is 419 g/mol. The Morgan fingerprint density at radius 3 is 2.43 bits per heavy atom. The molecule has 2 N–H and O–H groups in total. The number of carboxylic acid groups (broad SMARTS) is 1. The predicted octanol–water partition coefficient (Wildman–Crippen LogP) is 4.61. The molecule has 0 spiro atoms. The summed E-state index contributed by atoms with van der Waals surface area (Å²) in [5, 5.41) is 29.2. The summed E-state index contributed by atoms with van der Waals surface area (Å²) in [6.07, 6.45) is -4.87. The van der Waals surface area contributed by atoms with E-state index in [-0.39, 0.29) is 28.5 Å². The Morgan fingerprint density at radius 2 is 1.93 bits per heavy atom. The summed E-state index contributed by atoms with van der Waals surface area (Å²) in [4.78, 5) is 21.8. The topological polar surface area (TPSA) is 110 Å². The van der Waals surface area contributed by atoms with Crippen LogP contribution in [0.3, 0.4) is 0 Å². The van der Waals surface area contributed by atoms with Gasteiger partial charge in [-0.1, -0.05) is 11.6 Å². The highest BCUT2D eigenvalue weighted by Crippen LogP contribution is 2.38. The first kappa shape index (κ1) is 21.5. The third-order valence-electron chi connectivity index (χ3n) is 3.77. The van der Waals surface area contributed by atoms with Gasteiger partial charge < -0.3 is 14.9 Å². The number of aliphatic hydroxyl groups is 1. The fourth-order valence-electron chi connectivity index (χ4n) is 2.47. The molecule has 0 aliphatic carbocycles. The van der Waals surface area contributed by atoms with Gasteiger partial charge in [0.05, 0.1) is 21.4 Å². The van der Waals surface area contributed by atoms with E-state index in [9.17, 15) is 33.2 Å². The van der Waals surface area contributed by atoms with Crippen LogP contribution in [-0.2, 0) is 11.0 Å². The van der Waals surface area contributed by atoms with Gasteiger partial charge in [-0.05, 0) is 36.8 Å². The minimum Gasteiger partial charge on any atom is -0.481 e. The molecule has 0 amide bonds. The number of rotatable bonds is 7. The largest absolute Gasteiger partial charge is 0.481 e. The fourth-order valence-corrected chi connectivity index (χ4v) is 2.69. The predicted molar refractivity (Wildman–Crippen MR) is 91.7 cm³/mol. The maximum absolute atomic E-state index is 12.7. The molecule has 1 atom stereocenters. The van der Waals surface area contributed by atoms with Crippen LogP contribution < -0.4 is 4.74 Å². The van der Waals surface area contributed by atoms with E-state index in [2.05, 4.69) is 0 Å². The molecule has 0 saturated heterocycles. The third-order valence-corrected chi connectivity index (χ3v) is 4.07. The van der Waals surface area contributed by atoms with Crippen molar-refractivity contribution >= 4 is 23.3 Å². The van der Waals surface area contributed by atoms with Crippen molar-refractivity contribution in [2.45, 2.75) is 18.5 Å². The van der Waals surface area contributed by atoms with E-state index in [0.29, 0.717) is 6.07 Å². The summed E-state index contributed by atoms with van der Waals surface area (Å²) < 4.78 is 43.5. The lowest BCUT2D eigenvalue weighted by Crippen LogP contribution is -2.15. The number of halogens is 4. The Kier molecular flexibility index (Phi) is 6.47. The summed E-state index contributed by atoms with van der Waals surface area (Å²) in [5.41, 5.74) is -1.69. The van der Waals surface area contributed by atoms with Crippen molar-refractivity contribution in [1.82, 2.24) is 0 Å². The number of aliphatic carboxylic acids is 1. The van der Waals surface area contributed by atoms with Gasteiger partial charge in [0.1, 0.15) is 11.5 Å². The molecule has 11 heteroatoms. The molecular formula is C17H13ClF3NO6. The minimum atomic E-state index is -4.60. The van der Waals surface area contributed by atoms with E-state index in [4.69, 9.17) is 21.4 Å². The molecule has 0 aliphatic heterocycles. The van der Waals surface area contributed by atoms with Crippen LogP contribution in [0.25, 0.3) is 0 Å². The van der Waals surface area contributed by atoms with Gasteiger partial charge in [-0.25, -0.2) is 0 Å². The molecule has 0 aliphatic rings. The maximum atomic E-state index is 12.7. The van der Waals surface area contributed by atoms with Crippen LogP contribution in [0.15, 0.2) is 36.4 Å². The molecule has 0 saturated carbocycles. The average molecular weight is 420 g/mol. The highest BCUT2D eigenvalue weighted by atomic mass is 35.5. The van der Waals surface area contributed by atoms with Gasteiger partial charge in [-0.15, -0.1) is 0 Å². The lowest BCUT2D eigenvalue weighted by atomic mass is 9.94. The molecule has 150 valence electrons. The first-order valence-electron chi connectivity index (χ1n) is 7.71. The highest BCUT2D eigenvalue weighted by molar-refractivity contribution is 6.32. The lowest BCUT2D eigenvalue weighted by Gasteiger charge is -2.15. The Hall–Kier alpha value is -2.85. The lowest BCUT2D eigenvalue weighted by molar-refractivity contribution is -0.385. The van der Waals surface area contributed by atoms with Gasteiger partial charge in [0, 0.05) is 18.2 Å². The van der Waals surface area contributed by atoms with Crippen molar-refractivity contribution < 1.29 is 37.8 Å². The van der Waals surface area contributed by atoms with Gasteiger partial charge in [0.15, 0.2) is 0 Å². The summed E-state index contributed by atoms with van der Waals surface area (Å²) in [5.74, 6) is -2.98. The number of nitro benzene ring substituents is 1. The van der Waals surface area contributed by atoms with Crippen LogP contribution in [0.5, 0.6) is 11.5 Å². The van der Waals surface area contributed by atoms with Gasteiger partial charge in [0.25, 0.3) is 5.69 Å². The number of nitrogens with zero attached hydrogens (tertiary/aromatic N) is 1. The molecule has 28 heavy (non-hydrogen) atoms. The summed E-state index contributed by atoms with van der Waals surface area (Å²) in [6.45, 7) is -0.524. The first-order chi connectivity index (χ1) is 13.0. The zero-order chi connectivity index (χ0) is 21.1. The number of ether oxygens (including phenoxy) is 1. The quantitative estimate of drug-likeness (QED) is 0.501. The van der Waals surface area contributed by atoms with Crippen molar-refractivity contribution in [1.29, 1.82) is 0 Å². The SMILES string of the molecule is O=C(O)C(CCO)c1cc(Oc2ccc(C(F)(F)F)cc2Cl)ccc1[N+](=O)[O-]. The maximum Gasteiger partial charge on any atom is 0.416 e. The zero-order valence-electron chi connectivity index (χ0n) is 13.9. The zero-order valence-corrected chi connectivity index (χ0v) is 14.7. The summed E-state index contributed by atoms with van der Waals surface area (Å²) >= 11 is 5.81. The highest BCUT2D eigenvalue weighted by Gasteiger charge is 2.31. The van der Waals surface area contributed by atoms with Crippen LogP contribution in [0.4, 0.5) is 18.9 Å². The van der Waals surface area contributed by atoms with E-state index in [1.54, 1.807) is 0 Å². The van der Waals surface area contributed by atoms with Crippen molar-refractivity contribution in [3.8, 4) is 11.5 Å². The second-order valence-electron chi connectivity index (χ2n) is 5.63. The van der Waals surface area contributed by atoms with Crippen LogP contribution in [-0.4, -0.2) is 27.7 Å². The molecule has 7 nitrogen and oxygen atoms in total. The van der Waals surface area contributed by atoms with Gasteiger partial charge in [-0.3, -0.25) is 14.9 Å². The number of hydrogen-bond acceptors (Lipinski definition) is 5. The number of hydrogen-bond donors (Lipinski definition) is 2. The molecular weight excluding hydrogens is 407 g/mol. The van der Waals surface area contributed by atoms with E-state index >= 15 is 0 Å². The number of aliphatic hydroxyl groups excluding tert-OH is 1. The van der Waals surface area contributed by atoms with E-state index in [1.807, 2.05) is 0 Å². The van der Waals surface area contributed by atoms with Crippen LogP contribution in [0.1, 0.15) is 23.5 Å². The Morgan fingerprint density at radius 1 is 1.25 bits per heavy atom. The van der Waals surface area contributed by atoms with Crippen LogP contribution >= 0.6 is 11.6 Å².